The average molecular weight is 407 g/mol. The van der Waals surface area contributed by atoms with Gasteiger partial charge in [0.2, 0.25) is 5.91 Å². The summed E-state index contributed by atoms with van der Waals surface area (Å²) in [4.78, 5) is 12.9. The van der Waals surface area contributed by atoms with Crippen molar-refractivity contribution in [3.63, 3.8) is 0 Å². The van der Waals surface area contributed by atoms with Gasteiger partial charge in [0, 0.05) is 5.41 Å². The highest BCUT2D eigenvalue weighted by molar-refractivity contribution is 5.94. The summed E-state index contributed by atoms with van der Waals surface area (Å²) >= 11 is 0. The van der Waals surface area contributed by atoms with E-state index in [2.05, 4.69) is 34.8 Å². The molecule has 31 heavy (non-hydrogen) atoms. The first-order valence-electron chi connectivity index (χ1n) is 10.5. The molecule has 1 saturated carbocycles. The molecule has 0 aliphatic heterocycles. The van der Waals surface area contributed by atoms with Crippen LogP contribution in [-0.2, 0) is 10.2 Å². The number of amides is 1. The van der Waals surface area contributed by atoms with E-state index in [0.29, 0.717) is 0 Å². The van der Waals surface area contributed by atoms with Gasteiger partial charge in [0.1, 0.15) is 0 Å². The molecule has 0 heterocycles. The lowest BCUT2D eigenvalue weighted by Crippen LogP contribution is -2.26. The topological polar surface area (TPSA) is 41.5 Å². The first-order chi connectivity index (χ1) is 15.2. The van der Waals surface area contributed by atoms with Gasteiger partial charge in [0.05, 0.1) is 11.6 Å². The molecule has 1 fully saturated rings. The van der Waals surface area contributed by atoms with Crippen molar-refractivity contribution in [1.29, 1.82) is 0 Å². The maximum atomic E-state index is 12.9. The second-order valence-corrected chi connectivity index (χ2v) is 7.82. The van der Waals surface area contributed by atoms with Crippen molar-refractivity contribution in [3.05, 3.63) is 126 Å². The Bertz CT molecular complexity index is 1060. The molecule has 1 amide bonds. The fraction of sp³-hybridized carbons (Fsp3) is 0.143. The van der Waals surface area contributed by atoms with E-state index >= 15 is 0 Å². The van der Waals surface area contributed by atoms with Crippen molar-refractivity contribution in [1.82, 2.24) is 5.43 Å². The molecule has 3 nitrogen and oxygen atoms in total. The van der Waals surface area contributed by atoms with Crippen LogP contribution in [0.15, 0.2) is 114 Å². The van der Waals surface area contributed by atoms with Gasteiger partial charge in [-0.25, -0.2) is 5.43 Å². The maximum absolute atomic E-state index is 12.9. The third-order valence-electron chi connectivity index (χ3n) is 5.73. The van der Waals surface area contributed by atoms with Crippen LogP contribution in [-0.4, -0.2) is 11.6 Å². The Labute approximate surface area is 183 Å². The molecule has 0 unspecified atom stereocenters. The molecule has 3 heteroatoms. The molecular formula is C28H26N2O. The van der Waals surface area contributed by atoms with Gasteiger partial charge in [-0.15, -0.1) is 0 Å². The van der Waals surface area contributed by atoms with E-state index < -0.39 is 0 Å². The first kappa shape index (κ1) is 20.5. The smallest absolute Gasteiger partial charge is 0.244 e. The highest BCUT2D eigenvalue weighted by Crippen LogP contribution is 2.58. The van der Waals surface area contributed by atoms with Crippen LogP contribution in [0.3, 0.4) is 0 Å². The number of rotatable bonds is 7. The first-order valence-corrected chi connectivity index (χ1v) is 10.5. The zero-order valence-corrected chi connectivity index (χ0v) is 17.6. The quantitative estimate of drug-likeness (QED) is 0.303. The predicted octanol–water partition coefficient (Wildman–Crippen LogP) is 5.75. The van der Waals surface area contributed by atoms with E-state index in [1.807, 2.05) is 98.0 Å². The summed E-state index contributed by atoms with van der Waals surface area (Å²) in [6, 6.07) is 30.7. The molecule has 1 atom stereocenters. The van der Waals surface area contributed by atoms with Crippen molar-refractivity contribution in [3.8, 4) is 0 Å². The van der Waals surface area contributed by atoms with Crippen LogP contribution in [0.1, 0.15) is 30.0 Å². The van der Waals surface area contributed by atoms with E-state index in [-0.39, 0.29) is 17.2 Å². The van der Waals surface area contributed by atoms with Crippen LogP contribution < -0.4 is 5.43 Å². The van der Waals surface area contributed by atoms with Gasteiger partial charge in [-0.3, -0.25) is 4.79 Å². The van der Waals surface area contributed by atoms with Crippen molar-refractivity contribution in [2.45, 2.75) is 18.8 Å². The Hall–Kier alpha value is -3.72. The lowest BCUT2D eigenvalue weighted by Gasteiger charge is -2.18. The molecule has 0 bridgehead atoms. The van der Waals surface area contributed by atoms with Gasteiger partial charge in [-0.05, 0) is 36.1 Å². The molecule has 1 aliphatic carbocycles. The van der Waals surface area contributed by atoms with E-state index in [1.165, 1.54) is 11.1 Å². The predicted molar refractivity (Wildman–Crippen MR) is 128 cm³/mol. The van der Waals surface area contributed by atoms with E-state index in [4.69, 9.17) is 0 Å². The molecule has 3 aromatic carbocycles. The summed E-state index contributed by atoms with van der Waals surface area (Å²) in [5.74, 6) is -0.170. The molecule has 3 aromatic rings. The number of hydrazone groups is 1. The van der Waals surface area contributed by atoms with Crippen LogP contribution in [0.4, 0.5) is 0 Å². The lowest BCUT2D eigenvalue weighted by atomic mass is 9.85. The van der Waals surface area contributed by atoms with Gasteiger partial charge in [0.15, 0.2) is 0 Å². The molecule has 1 N–H and O–H groups in total. The normalized spacial score (nSPS) is 17.7. The highest BCUT2D eigenvalue weighted by Gasteiger charge is 2.60. The average Bonchev–Trinajstić information content (AvgIpc) is 3.59. The summed E-state index contributed by atoms with van der Waals surface area (Å²) in [5, 5.41) is 4.28. The van der Waals surface area contributed by atoms with Crippen LogP contribution in [0.5, 0.6) is 0 Å². The summed E-state index contributed by atoms with van der Waals surface area (Å²) in [6.45, 7) is 1.88. The minimum absolute atomic E-state index is 0.0414. The van der Waals surface area contributed by atoms with Crippen molar-refractivity contribution >= 4 is 17.7 Å². The third-order valence-corrected chi connectivity index (χ3v) is 5.73. The summed E-state index contributed by atoms with van der Waals surface area (Å²) < 4.78 is 0. The minimum Gasteiger partial charge on any atom is -0.273 e. The highest BCUT2D eigenvalue weighted by atomic mass is 16.2. The Morgan fingerprint density at radius 3 is 2.00 bits per heavy atom. The monoisotopic (exact) mass is 406 g/mol. The number of benzene rings is 3. The molecule has 4 rings (SSSR count). The fourth-order valence-corrected chi connectivity index (χ4v) is 4.04. The number of nitrogens with zero attached hydrogens (tertiary/aromatic N) is 1. The number of carbonyl (C=O) groups is 1. The Kier molecular flexibility index (Phi) is 6.23. The van der Waals surface area contributed by atoms with Crippen LogP contribution in [0.2, 0.25) is 0 Å². The molecule has 0 aromatic heterocycles. The molecule has 0 saturated heterocycles. The molecular weight excluding hydrogens is 380 g/mol. The largest absolute Gasteiger partial charge is 0.273 e. The molecule has 1 aliphatic rings. The number of allylic oxidation sites excluding steroid dienone is 3. The zero-order chi connectivity index (χ0) is 21.5. The summed E-state index contributed by atoms with van der Waals surface area (Å²) in [7, 11) is 0. The summed E-state index contributed by atoms with van der Waals surface area (Å²) in [6.07, 6.45) is 8.59. The minimum atomic E-state index is -0.274. The van der Waals surface area contributed by atoms with Gasteiger partial charge < -0.3 is 0 Å². The van der Waals surface area contributed by atoms with Crippen LogP contribution in [0, 0.1) is 5.92 Å². The second-order valence-electron chi connectivity index (χ2n) is 7.82. The van der Waals surface area contributed by atoms with Gasteiger partial charge in [-0.1, -0.05) is 109 Å². The Morgan fingerprint density at radius 2 is 1.42 bits per heavy atom. The van der Waals surface area contributed by atoms with Gasteiger partial charge >= 0.3 is 0 Å². The SMILES string of the molecule is CC(/C=C\C=C\c1ccccc1)=N/NC(=O)[C@@H]1CC1(c1ccccc1)c1ccccc1. The molecule has 0 spiro atoms. The molecule has 154 valence electrons. The standard InChI is InChI=1S/C28H26N2O/c1-22(13-11-12-16-23-14-5-2-6-15-23)29-30-27(31)26-21-28(26,24-17-7-3-8-18-24)25-19-9-4-10-20-25/h2-20,26H,21H2,1H3,(H,30,31)/b13-11-,16-12+,29-22-/t26-/m0/s1. The number of nitrogens with one attached hydrogen (secondary N) is 1. The maximum Gasteiger partial charge on any atom is 0.244 e. The molecule has 0 radical (unpaired) electrons. The zero-order valence-electron chi connectivity index (χ0n) is 17.6. The van der Waals surface area contributed by atoms with Crippen molar-refractivity contribution < 1.29 is 4.79 Å². The van der Waals surface area contributed by atoms with Crippen molar-refractivity contribution in [2.24, 2.45) is 11.0 Å². The lowest BCUT2D eigenvalue weighted by molar-refractivity contribution is -0.122. The van der Waals surface area contributed by atoms with E-state index in [0.717, 1.165) is 17.7 Å². The Morgan fingerprint density at radius 1 is 0.871 bits per heavy atom. The van der Waals surface area contributed by atoms with Gasteiger partial charge in [0.25, 0.3) is 0 Å². The van der Waals surface area contributed by atoms with Crippen molar-refractivity contribution in [2.75, 3.05) is 0 Å². The summed E-state index contributed by atoms with van der Waals surface area (Å²) in [5.41, 5.74) is 6.73. The van der Waals surface area contributed by atoms with Crippen LogP contribution >= 0.6 is 0 Å². The van der Waals surface area contributed by atoms with Crippen LogP contribution in [0.25, 0.3) is 6.08 Å². The second kappa shape index (κ2) is 9.40. The number of hydrogen-bond acceptors (Lipinski definition) is 2. The Balaban J connectivity index is 1.42. The van der Waals surface area contributed by atoms with E-state index in [9.17, 15) is 4.79 Å². The number of hydrogen-bond donors (Lipinski definition) is 1. The third kappa shape index (κ3) is 4.72. The van der Waals surface area contributed by atoms with E-state index in [1.54, 1.807) is 0 Å². The fourth-order valence-electron chi connectivity index (χ4n) is 4.04. The van der Waals surface area contributed by atoms with Gasteiger partial charge in [-0.2, -0.15) is 5.10 Å². The number of carbonyl (C=O) groups excluding carboxylic acids is 1.